The molecule has 7 heteroatoms. The quantitative estimate of drug-likeness (QED) is 0.566. The van der Waals surface area contributed by atoms with Crippen molar-refractivity contribution in [3.63, 3.8) is 0 Å². The lowest BCUT2D eigenvalue weighted by molar-refractivity contribution is -0.138. The van der Waals surface area contributed by atoms with Gasteiger partial charge in [0.25, 0.3) is 0 Å². The molecule has 0 unspecified atom stereocenters. The van der Waals surface area contributed by atoms with Crippen molar-refractivity contribution in [1.82, 2.24) is 5.32 Å². The summed E-state index contributed by atoms with van der Waals surface area (Å²) in [7, 11) is 1.57. The molecule has 0 fully saturated rings. The van der Waals surface area contributed by atoms with E-state index in [4.69, 9.17) is 14.2 Å². The standard InChI is InChI=1S/C25H24BrNO5/c1-5-31-18-12-14(11-17(26)24(18)30-4)20-19(25(29)32-6-2)13(3)27-22-15-9-7-8-10-16(15)23(28)21(20)22/h7-12,20,27H,5-6H2,1-4H3/t20-/m1/s1. The van der Waals surface area contributed by atoms with Crippen LogP contribution in [-0.4, -0.2) is 32.1 Å². The van der Waals surface area contributed by atoms with Gasteiger partial charge in [-0.2, -0.15) is 0 Å². The van der Waals surface area contributed by atoms with Crippen molar-refractivity contribution in [2.45, 2.75) is 26.7 Å². The van der Waals surface area contributed by atoms with Crippen LogP contribution >= 0.6 is 15.9 Å². The smallest absolute Gasteiger partial charge is 0.336 e. The van der Waals surface area contributed by atoms with Crippen LogP contribution in [0, 0.1) is 0 Å². The molecule has 1 aliphatic heterocycles. The molecule has 0 radical (unpaired) electrons. The number of allylic oxidation sites excluding steroid dienone is 2. The SMILES string of the molecule is CCOC(=O)C1=C(C)NC2=C(C(=O)c3ccccc32)[C@@H]1c1cc(Br)c(OC)c(OCC)c1. The molecule has 0 saturated carbocycles. The number of dihydropyridines is 1. The number of rotatable bonds is 6. The van der Waals surface area contributed by atoms with Crippen LogP contribution in [0.2, 0.25) is 0 Å². The van der Waals surface area contributed by atoms with Gasteiger partial charge in [-0.3, -0.25) is 4.79 Å². The number of halogens is 1. The van der Waals surface area contributed by atoms with Crippen molar-refractivity contribution < 1.29 is 23.8 Å². The highest BCUT2D eigenvalue weighted by Crippen LogP contribution is 2.49. The second-order valence-corrected chi connectivity index (χ2v) is 8.30. The first-order chi connectivity index (χ1) is 15.4. The Kier molecular flexibility index (Phi) is 6.11. The molecule has 0 amide bonds. The van der Waals surface area contributed by atoms with Crippen molar-refractivity contribution in [2.24, 2.45) is 0 Å². The van der Waals surface area contributed by atoms with Crippen LogP contribution in [0.4, 0.5) is 0 Å². The molecule has 1 heterocycles. The number of fused-ring (bicyclic) bond motifs is 2. The molecular formula is C25H24BrNO5. The maximum atomic E-state index is 13.5. The predicted molar refractivity (Wildman–Crippen MR) is 125 cm³/mol. The van der Waals surface area contributed by atoms with E-state index >= 15 is 0 Å². The molecule has 1 aliphatic carbocycles. The third-order valence-electron chi connectivity index (χ3n) is 5.61. The summed E-state index contributed by atoms with van der Waals surface area (Å²) < 4.78 is 17.4. The molecule has 2 aromatic carbocycles. The van der Waals surface area contributed by atoms with Gasteiger partial charge in [0.1, 0.15) is 0 Å². The number of nitrogens with one attached hydrogen (secondary N) is 1. The van der Waals surface area contributed by atoms with Crippen molar-refractivity contribution in [1.29, 1.82) is 0 Å². The molecule has 4 rings (SSSR count). The highest BCUT2D eigenvalue weighted by atomic mass is 79.9. The third-order valence-corrected chi connectivity index (χ3v) is 6.20. The van der Waals surface area contributed by atoms with Crippen LogP contribution < -0.4 is 14.8 Å². The zero-order valence-corrected chi connectivity index (χ0v) is 20.0. The van der Waals surface area contributed by atoms with E-state index in [1.165, 1.54) is 0 Å². The van der Waals surface area contributed by atoms with Crippen molar-refractivity contribution in [2.75, 3.05) is 20.3 Å². The van der Waals surface area contributed by atoms with E-state index in [9.17, 15) is 9.59 Å². The van der Waals surface area contributed by atoms with Gasteiger partial charge in [-0.1, -0.05) is 24.3 Å². The Morgan fingerprint density at radius 2 is 1.84 bits per heavy atom. The summed E-state index contributed by atoms with van der Waals surface area (Å²) in [5.41, 5.74) is 4.50. The molecule has 6 nitrogen and oxygen atoms in total. The van der Waals surface area contributed by atoms with E-state index in [2.05, 4.69) is 21.2 Å². The Bertz CT molecular complexity index is 1180. The predicted octanol–water partition coefficient (Wildman–Crippen LogP) is 4.99. The first-order valence-corrected chi connectivity index (χ1v) is 11.3. The second-order valence-electron chi connectivity index (χ2n) is 7.45. The lowest BCUT2D eigenvalue weighted by atomic mass is 9.79. The number of ketones is 1. The largest absolute Gasteiger partial charge is 0.492 e. The summed E-state index contributed by atoms with van der Waals surface area (Å²) in [6.07, 6.45) is 0. The fourth-order valence-corrected chi connectivity index (χ4v) is 4.98. The van der Waals surface area contributed by atoms with E-state index in [1.54, 1.807) is 14.0 Å². The van der Waals surface area contributed by atoms with E-state index in [0.29, 0.717) is 45.0 Å². The van der Waals surface area contributed by atoms with Crippen molar-refractivity contribution in [3.05, 3.63) is 74.4 Å². The minimum atomic E-state index is -0.619. The molecule has 2 aliphatic rings. The average molecular weight is 498 g/mol. The van der Waals surface area contributed by atoms with Crippen LogP contribution in [0.25, 0.3) is 5.70 Å². The molecule has 32 heavy (non-hydrogen) atoms. The summed E-state index contributed by atoms with van der Waals surface area (Å²) in [5, 5.41) is 3.30. The highest BCUT2D eigenvalue weighted by molar-refractivity contribution is 9.10. The minimum absolute atomic E-state index is 0.104. The normalized spacial score (nSPS) is 17.0. The zero-order chi connectivity index (χ0) is 23.0. The fourth-order valence-electron chi connectivity index (χ4n) is 4.36. The van der Waals surface area contributed by atoms with E-state index in [-0.39, 0.29) is 12.4 Å². The average Bonchev–Trinajstić information content (AvgIpc) is 3.05. The Hall–Kier alpha value is -3.06. The molecule has 0 bridgehead atoms. The summed E-state index contributed by atoms with van der Waals surface area (Å²) in [6.45, 7) is 6.15. The van der Waals surface area contributed by atoms with Gasteiger partial charge in [0, 0.05) is 28.3 Å². The Morgan fingerprint density at radius 1 is 1.12 bits per heavy atom. The number of hydrogen-bond acceptors (Lipinski definition) is 6. The lowest BCUT2D eigenvalue weighted by Gasteiger charge is -2.29. The van der Waals surface area contributed by atoms with Gasteiger partial charge in [0.15, 0.2) is 17.3 Å². The number of methoxy groups -OCH3 is 1. The molecule has 0 aromatic heterocycles. The van der Waals surface area contributed by atoms with Gasteiger partial charge in [0.05, 0.1) is 36.1 Å². The minimum Gasteiger partial charge on any atom is -0.492 e. The van der Waals surface area contributed by atoms with Gasteiger partial charge in [0.2, 0.25) is 0 Å². The lowest BCUT2D eigenvalue weighted by Crippen LogP contribution is -2.29. The molecule has 1 N–H and O–H groups in total. The zero-order valence-electron chi connectivity index (χ0n) is 18.4. The maximum absolute atomic E-state index is 13.5. The van der Waals surface area contributed by atoms with Crippen molar-refractivity contribution >= 4 is 33.4 Å². The van der Waals surface area contributed by atoms with Crippen LogP contribution in [-0.2, 0) is 9.53 Å². The number of hydrogen-bond donors (Lipinski definition) is 1. The molecular weight excluding hydrogens is 474 g/mol. The first-order valence-electron chi connectivity index (χ1n) is 10.5. The van der Waals surface area contributed by atoms with Crippen LogP contribution in [0.5, 0.6) is 11.5 Å². The molecule has 1 atom stereocenters. The summed E-state index contributed by atoms with van der Waals surface area (Å²) >= 11 is 3.56. The molecule has 0 spiro atoms. The monoisotopic (exact) mass is 497 g/mol. The van der Waals surface area contributed by atoms with Crippen LogP contribution in [0.15, 0.2) is 57.7 Å². The molecule has 166 valence electrons. The highest BCUT2D eigenvalue weighted by Gasteiger charge is 2.43. The Labute approximate surface area is 195 Å². The summed E-state index contributed by atoms with van der Waals surface area (Å²) in [6, 6.07) is 11.2. The van der Waals surface area contributed by atoms with E-state index < -0.39 is 11.9 Å². The first kappa shape index (κ1) is 22.1. The van der Waals surface area contributed by atoms with Crippen LogP contribution in [0.3, 0.4) is 0 Å². The number of carbonyl (C=O) groups excluding carboxylic acids is 2. The van der Waals surface area contributed by atoms with Gasteiger partial charge in [-0.15, -0.1) is 0 Å². The van der Waals surface area contributed by atoms with Crippen molar-refractivity contribution in [3.8, 4) is 11.5 Å². The number of benzene rings is 2. The number of Topliss-reactive ketones (excluding diaryl/α,β-unsaturated/α-hetero) is 1. The summed E-state index contributed by atoms with van der Waals surface area (Å²) in [5.74, 6) is -0.0938. The van der Waals surface area contributed by atoms with Gasteiger partial charge < -0.3 is 19.5 Å². The van der Waals surface area contributed by atoms with Gasteiger partial charge in [-0.25, -0.2) is 4.79 Å². The van der Waals surface area contributed by atoms with Crippen LogP contribution in [0.1, 0.15) is 48.2 Å². The molecule has 2 aromatic rings. The molecule has 0 saturated heterocycles. The second kappa shape index (κ2) is 8.82. The summed E-state index contributed by atoms with van der Waals surface area (Å²) in [4.78, 5) is 26.6. The maximum Gasteiger partial charge on any atom is 0.336 e. The van der Waals surface area contributed by atoms with Gasteiger partial charge in [-0.05, 0) is 54.4 Å². The number of carbonyl (C=O) groups is 2. The number of ether oxygens (including phenoxy) is 3. The third kappa shape index (κ3) is 3.50. The fraction of sp³-hybridized carbons (Fsp3) is 0.280. The van der Waals surface area contributed by atoms with E-state index in [0.717, 1.165) is 16.8 Å². The van der Waals surface area contributed by atoms with E-state index in [1.807, 2.05) is 50.2 Å². The number of esters is 1. The Morgan fingerprint density at radius 3 is 2.50 bits per heavy atom. The van der Waals surface area contributed by atoms with Gasteiger partial charge >= 0.3 is 5.97 Å². The topological polar surface area (TPSA) is 73.9 Å². The Balaban J connectivity index is 1.96.